The van der Waals surface area contributed by atoms with E-state index in [0.29, 0.717) is 0 Å². The number of anilines is 1. The number of nitrogens with zero attached hydrogens (tertiary/aromatic N) is 1. The Bertz CT molecular complexity index is 868. The molecular formula is C15H12F2N2O3S. The summed E-state index contributed by atoms with van der Waals surface area (Å²) >= 11 is 0. The van der Waals surface area contributed by atoms with E-state index in [-0.39, 0.29) is 11.3 Å². The summed E-state index contributed by atoms with van der Waals surface area (Å²) in [4.78, 5) is 15.4. The number of rotatable bonds is 2. The van der Waals surface area contributed by atoms with Crippen molar-refractivity contribution in [3.8, 4) is 0 Å². The third-order valence-corrected chi connectivity index (χ3v) is 5.38. The van der Waals surface area contributed by atoms with Crippen LogP contribution in [-0.4, -0.2) is 25.1 Å². The molecule has 1 aromatic heterocycles. The van der Waals surface area contributed by atoms with Crippen LogP contribution in [0.15, 0.2) is 47.6 Å². The van der Waals surface area contributed by atoms with Crippen LogP contribution in [0.5, 0.6) is 0 Å². The van der Waals surface area contributed by atoms with Gasteiger partial charge in [0.15, 0.2) is 9.84 Å². The van der Waals surface area contributed by atoms with Crippen molar-refractivity contribution in [2.75, 3.05) is 11.1 Å². The predicted molar refractivity (Wildman–Crippen MR) is 79.2 cm³/mol. The van der Waals surface area contributed by atoms with Gasteiger partial charge in [-0.2, -0.15) is 0 Å². The summed E-state index contributed by atoms with van der Waals surface area (Å²) < 4.78 is 52.4. The highest BCUT2D eigenvalue weighted by Crippen LogP contribution is 2.44. The third kappa shape index (κ3) is 2.81. The summed E-state index contributed by atoms with van der Waals surface area (Å²) in [5.74, 6) is -4.52. The molecule has 0 radical (unpaired) electrons. The van der Waals surface area contributed by atoms with E-state index >= 15 is 0 Å². The first-order valence-corrected chi connectivity index (χ1v) is 8.42. The maximum atomic E-state index is 14.0. The maximum Gasteiger partial charge on any atom is 0.275 e. The quantitative estimate of drug-likeness (QED) is 0.913. The Morgan fingerprint density at radius 2 is 2.00 bits per heavy atom. The van der Waals surface area contributed by atoms with Crippen LogP contribution in [0, 0.1) is 0 Å². The average Bonchev–Trinajstić information content (AvgIpc) is 2.53. The molecule has 0 atom stereocenters. The van der Waals surface area contributed by atoms with E-state index in [9.17, 15) is 22.0 Å². The number of sulfone groups is 1. The number of carbonyl (C=O) groups is 1. The van der Waals surface area contributed by atoms with Gasteiger partial charge in [-0.05, 0) is 18.2 Å². The molecule has 120 valence electrons. The molecule has 8 heteroatoms. The monoisotopic (exact) mass is 338 g/mol. The van der Waals surface area contributed by atoms with Crippen LogP contribution >= 0.6 is 0 Å². The number of hydrogen-bond acceptors (Lipinski definition) is 4. The van der Waals surface area contributed by atoms with Gasteiger partial charge >= 0.3 is 0 Å². The van der Waals surface area contributed by atoms with Gasteiger partial charge in [-0.3, -0.25) is 9.78 Å². The minimum atomic E-state index is -3.88. The summed E-state index contributed by atoms with van der Waals surface area (Å²) in [6.07, 6.45) is 2.02. The van der Waals surface area contributed by atoms with Crippen molar-refractivity contribution >= 4 is 21.4 Å². The molecule has 0 aliphatic carbocycles. The zero-order valence-corrected chi connectivity index (χ0v) is 12.6. The standard InChI is InChI=1S/C15H12F2N2O3S/c16-15(17)6-8-23(21,22)13-11(15)4-1-5-12(13)19-14(20)10-3-2-7-18-9-10/h1-5,7,9H,6,8H2,(H,19,20). The number of hydrogen-bond donors (Lipinski definition) is 1. The molecule has 2 heterocycles. The van der Waals surface area contributed by atoms with E-state index < -0.39 is 44.3 Å². The first kappa shape index (κ1) is 15.5. The zero-order valence-electron chi connectivity index (χ0n) is 11.8. The number of aromatic nitrogens is 1. The number of carbonyl (C=O) groups excluding carboxylic acids is 1. The molecule has 2 aromatic rings. The molecule has 1 amide bonds. The fraction of sp³-hybridized carbons (Fsp3) is 0.200. The van der Waals surface area contributed by atoms with E-state index in [0.717, 1.165) is 6.07 Å². The van der Waals surface area contributed by atoms with E-state index in [1.54, 1.807) is 6.07 Å². The zero-order chi connectivity index (χ0) is 16.7. The Kier molecular flexibility index (Phi) is 3.63. The van der Waals surface area contributed by atoms with Gasteiger partial charge in [-0.1, -0.05) is 12.1 Å². The van der Waals surface area contributed by atoms with Crippen LogP contribution < -0.4 is 5.32 Å². The molecule has 0 unspecified atom stereocenters. The van der Waals surface area contributed by atoms with Crippen molar-refractivity contribution in [3.05, 3.63) is 53.9 Å². The molecule has 1 N–H and O–H groups in total. The summed E-state index contributed by atoms with van der Waals surface area (Å²) in [6.45, 7) is 0. The summed E-state index contributed by atoms with van der Waals surface area (Å²) in [5.41, 5.74) is -0.520. The molecule has 3 rings (SSSR count). The lowest BCUT2D eigenvalue weighted by Crippen LogP contribution is -2.29. The molecule has 0 saturated heterocycles. The lowest BCUT2D eigenvalue weighted by atomic mass is 10.0. The van der Waals surface area contributed by atoms with Crippen LogP contribution in [0.3, 0.4) is 0 Å². The molecule has 1 aromatic carbocycles. The molecule has 1 aliphatic heterocycles. The van der Waals surface area contributed by atoms with Gasteiger partial charge in [0, 0.05) is 24.4 Å². The first-order valence-electron chi connectivity index (χ1n) is 6.77. The van der Waals surface area contributed by atoms with Crippen LogP contribution in [0.25, 0.3) is 0 Å². The number of amides is 1. The van der Waals surface area contributed by atoms with Gasteiger partial charge in [0.2, 0.25) is 0 Å². The van der Waals surface area contributed by atoms with Gasteiger partial charge in [0.25, 0.3) is 11.8 Å². The largest absolute Gasteiger partial charge is 0.321 e. The molecule has 0 fully saturated rings. The molecule has 23 heavy (non-hydrogen) atoms. The second kappa shape index (κ2) is 5.38. The summed E-state index contributed by atoms with van der Waals surface area (Å²) in [5, 5.41) is 2.39. The Hall–Kier alpha value is -2.35. The van der Waals surface area contributed by atoms with Gasteiger partial charge in [0.05, 0.1) is 21.9 Å². The fourth-order valence-electron chi connectivity index (χ4n) is 2.45. The Morgan fingerprint density at radius 3 is 2.70 bits per heavy atom. The number of benzene rings is 1. The van der Waals surface area contributed by atoms with E-state index in [2.05, 4.69) is 10.3 Å². The van der Waals surface area contributed by atoms with Crippen molar-refractivity contribution < 1.29 is 22.0 Å². The van der Waals surface area contributed by atoms with E-state index in [1.165, 1.54) is 30.6 Å². The van der Waals surface area contributed by atoms with Gasteiger partial charge in [-0.15, -0.1) is 0 Å². The third-order valence-electron chi connectivity index (χ3n) is 3.58. The van der Waals surface area contributed by atoms with E-state index in [1.807, 2.05) is 0 Å². The van der Waals surface area contributed by atoms with Crippen molar-refractivity contribution in [3.63, 3.8) is 0 Å². The minimum absolute atomic E-state index is 0.143. The van der Waals surface area contributed by atoms with Crippen LogP contribution in [-0.2, 0) is 15.8 Å². The SMILES string of the molecule is O=C(Nc1cccc2c1S(=O)(=O)CCC2(F)F)c1cccnc1. The molecule has 0 saturated carbocycles. The lowest BCUT2D eigenvalue weighted by Gasteiger charge is -2.26. The first-order chi connectivity index (χ1) is 10.8. The number of pyridine rings is 1. The van der Waals surface area contributed by atoms with Crippen molar-refractivity contribution in [1.82, 2.24) is 4.98 Å². The highest BCUT2D eigenvalue weighted by molar-refractivity contribution is 7.91. The maximum absolute atomic E-state index is 14.0. The highest BCUT2D eigenvalue weighted by atomic mass is 32.2. The van der Waals surface area contributed by atoms with Crippen molar-refractivity contribution in [2.24, 2.45) is 0 Å². The predicted octanol–water partition coefficient (Wildman–Crippen LogP) is 2.60. The molecule has 0 bridgehead atoms. The smallest absolute Gasteiger partial charge is 0.275 e. The van der Waals surface area contributed by atoms with Crippen LogP contribution in [0.4, 0.5) is 14.5 Å². The molecular weight excluding hydrogens is 326 g/mol. The van der Waals surface area contributed by atoms with Crippen molar-refractivity contribution in [1.29, 1.82) is 0 Å². The second-order valence-electron chi connectivity index (χ2n) is 5.15. The summed E-state index contributed by atoms with van der Waals surface area (Å²) in [6, 6.07) is 6.70. The molecule has 1 aliphatic rings. The Morgan fingerprint density at radius 1 is 1.22 bits per heavy atom. The highest BCUT2D eigenvalue weighted by Gasteiger charge is 2.44. The Balaban J connectivity index is 2.07. The molecule has 0 spiro atoms. The number of alkyl halides is 2. The molecule has 5 nitrogen and oxygen atoms in total. The van der Waals surface area contributed by atoms with E-state index in [4.69, 9.17) is 0 Å². The average molecular weight is 338 g/mol. The lowest BCUT2D eigenvalue weighted by molar-refractivity contribution is -0.0126. The van der Waals surface area contributed by atoms with Crippen LogP contribution in [0.1, 0.15) is 22.3 Å². The number of halogens is 2. The van der Waals surface area contributed by atoms with Gasteiger partial charge in [0.1, 0.15) is 0 Å². The number of nitrogens with one attached hydrogen (secondary N) is 1. The van der Waals surface area contributed by atoms with Gasteiger partial charge < -0.3 is 5.32 Å². The van der Waals surface area contributed by atoms with Crippen LogP contribution in [0.2, 0.25) is 0 Å². The summed E-state index contributed by atoms with van der Waals surface area (Å²) in [7, 11) is -3.88. The Labute approximate surface area is 131 Å². The topological polar surface area (TPSA) is 76.1 Å². The number of fused-ring (bicyclic) bond motifs is 1. The fourth-order valence-corrected chi connectivity index (χ4v) is 4.19. The normalized spacial score (nSPS) is 18.0. The second-order valence-corrected chi connectivity index (χ2v) is 7.20. The minimum Gasteiger partial charge on any atom is -0.321 e. The van der Waals surface area contributed by atoms with Gasteiger partial charge in [-0.25, -0.2) is 17.2 Å². The van der Waals surface area contributed by atoms with Crippen molar-refractivity contribution in [2.45, 2.75) is 17.2 Å².